The fourth-order valence-corrected chi connectivity index (χ4v) is 3.07. The Labute approximate surface area is 150 Å². The van der Waals surface area contributed by atoms with Gasteiger partial charge in [-0.2, -0.15) is 0 Å². The number of halogens is 3. The van der Waals surface area contributed by atoms with E-state index < -0.39 is 23.2 Å². The van der Waals surface area contributed by atoms with Crippen LogP contribution in [0.15, 0.2) is 35.1 Å². The molecule has 0 saturated carbocycles. The largest absolute Gasteiger partial charge is 0.388 e. The van der Waals surface area contributed by atoms with Crippen molar-refractivity contribution in [3.05, 3.63) is 46.5 Å². The average Bonchev–Trinajstić information content (AvgIpc) is 2.94. The minimum Gasteiger partial charge on any atom is -0.388 e. The van der Waals surface area contributed by atoms with E-state index in [1.807, 2.05) is 6.08 Å². The van der Waals surface area contributed by atoms with Crippen molar-refractivity contribution in [1.82, 2.24) is 9.55 Å². The van der Waals surface area contributed by atoms with Gasteiger partial charge in [0.2, 0.25) is 0 Å². The lowest BCUT2D eigenvalue weighted by atomic mass is 10.0. The molecule has 0 saturated heterocycles. The summed E-state index contributed by atoms with van der Waals surface area (Å²) in [6, 6.07) is 1.50. The Morgan fingerprint density at radius 1 is 1.62 bits per heavy atom. The number of anilines is 1. The first-order valence-corrected chi connectivity index (χ1v) is 8.31. The summed E-state index contributed by atoms with van der Waals surface area (Å²) >= 11 is 9.83. The first-order chi connectivity index (χ1) is 11.3. The number of ketones is 1. The van der Waals surface area contributed by atoms with E-state index in [4.69, 9.17) is 11.6 Å². The monoisotopic (exact) mass is 413 g/mol. The first-order valence-electron chi connectivity index (χ1n) is 7.14. The van der Waals surface area contributed by atoms with Crippen molar-refractivity contribution in [2.75, 3.05) is 11.9 Å². The predicted octanol–water partition coefficient (Wildman–Crippen LogP) is 3.47. The van der Waals surface area contributed by atoms with Crippen LogP contribution in [0.1, 0.15) is 16.8 Å². The number of carbonyl (C=O) groups is 1. The third-order valence-corrected chi connectivity index (χ3v) is 4.80. The predicted molar refractivity (Wildman–Crippen MR) is 95.1 cm³/mol. The summed E-state index contributed by atoms with van der Waals surface area (Å²) in [5, 5.41) is 12.1. The number of aliphatic hydroxyl groups excluding tert-OH is 1. The van der Waals surface area contributed by atoms with Crippen molar-refractivity contribution >= 4 is 50.0 Å². The van der Waals surface area contributed by atoms with Crippen LogP contribution < -0.4 is 5.32 Å². The molecule has 1 heterocycles. The van der Waals surface area contributed by atoms with Gasteiger partial charge in [-0.3, -0.25) is 4.79 Å². The molecule has 0 aliphatic heterocycles. The minimum atomic E-state index is -1.08. The molecule has 0 fully saturated rings. The summed E-state index contributed by atoms with van der Waals surface area (Å²) in [5.74, 6) is -1.27. The molecule has 0 radical (unpaired) electrons. The zero-order valence-electron chi connectivity index (χ0n) is 12.7. The fraction of sp³-hybridized carbons (Fsp3) is 0.250. The Hall–Kier alpha value is -1.70. The van der Waals surface area contributed by atoms with Crippen molar-refractivity contribution in [2.45, 2.75) is 11.4 Å². The minimum absolute atomic E-state index is 0.0353. The van der Waals surface area contributed by atoms with Gasteiger partial charge >= 0.3 is 0 Å². The maximum Gasteiger partial charge on any atom is 0.190 e. The van der Waals surface area contributed by atoms with Crippen molar-refractivity contribution < 1.29 is 14.3 Å². The summed E-state index contributed by atoms with van der Waals surface area (Å²) < 4.78 is 17.4. The number of aryl methyl sites for hydroxylation is 1. The van der Waals surface area contributed by atoms with Crippen molar-refractivity contribution in [3.63, 3.8) is 0 Å². The van der Waals surface area contributed by atoms with Crippen molar-refractivity contribution in [3.8, 4) is 0 Å². The molecular weight excluding hydrogens is 401 g/mol. The number of benzene rings is 1. The molecule has 1 unspecified atom stereocenters. The van der Waals surface area contributed by atoms with Gasteiger partial charge in [-0.25, -0.2) is 9.37 Å². The van der Waals surface area contributed by atoms with Gasteiger partial charge in [0.25, 0.3) is 0 Å². The first kappa shape index (κ1) is 17.1. The normalized spacial score (nSPS) is 20.3. The van der Waals surface area contributed by atoms with Crippen LogP contribution >= 0.6 is 27.5 Å². The molecule has 1 atom stereocenters. The van der Waals surface area contributed by atoms with Crippen LogP contribution in [0.25, 0.3) is 11.0 Å². The standard InChI is InChI=1S/C16H14BrClFN3O2/c1-22-8-20-15-11(22)6-10(12(24)7-23)14(13(15)19)21-16(18)4-2-9(17)3-5-16/h2-4,6,8,21,23H,5,7H2,1H3. The second-order valence-electron chi connectivity index (χ2n) is 5.53. The van der Waals surface area contributed by atoms with E-state index >= 15 is 0 Å². The van der Waals surface area contributed by atoms with Crippen LogP contribution in [0, 0.1) is 5.82 Å². The van der Waals surface area contributed by atoms with E-state index in [0.717, 1.165) is 4.48 Å². The molecule has 1 aromatic carbocycles. The van der Waals surface area contributed by atoms with Gasteiger partial charge in [0.15, 0.2) is 11.6 Å². The number of alkyl halides is 1. The molecule has 0 bridgehead atoms. The lowest BCUT2D eigenvalue weighted by molar-refractivity contribution is 0.0904. The maximum atomic E-state index is 15.0. The molecule has 126 valence electrons. The summed E-state index contributed by atoms with van der Waals surface area (Å²) in [5.41, 5.74) is 0.561. The molecule has 2 aromatic rings. The van der Waals surface area contributed by atoms with Gasteiger partial charge in [-0.15, -0.1) is 0 Å². The maximum absolute atomic E-state index is 15.0. The number of aromatic nitrogens is 2. The zero-order chi connectivity index (χ0) is 17.5. The number of hydrogen-bond donors (Lipinski definition) is 2. The molecule has 1 aliphatic rings. The molecule has 0 spiro atoms. The van der Waals surface area contributed by atoms with Crippen LogP contribution in [-0.4, -0.2) is 32.0 Å². The smallest absolute Gasteiger partial charge is 0.190 e. The second kappa shape index (κ2) is 6.31. The zero-order valence-corrected chi connectivity index (χ0v) is 15.0. The average molecular weight is 415 g/mol. The number of imidazole rings is 1. The third kappa shape index (κ3) is 2.99. The van der Waals surface area contributed by atoms with Crippen molar-refractivity contribution in [1.29, 1.82) is 0 Å². The molecular formula is C16H14BrClFN3O2. The molecule has 2 N–H and O–H groups in total. The fourth-order valence-electron chi connectivity index (χ4n) is 2.55. The number of nitrogens with zero attached hydrogens (tertiary/aromatic N) is 2. The second-order valence-corrected chi connectivity index (χ2v) is 7.12. The Morgan fingerprint density at radius 3 is 3.00 bits per heavy atom. The van der Waals surface area contributed by atoms with Crippen LogP contribution in [0.5, 0.6) is 0 Å². The lowest BCUT2D eigenvalue weighted by Crippen LogP contribution is -2.31. The van der Waals surface area contributed by atoms with E-state index in [9.17, 15) is 14.3 Å². The number of rotatable bonds is 4. The highest BCUT2D eigenvalue weighted by atomic mass is 79.9. The van der Waals surface area contributed by atoms with Crippen LogP contribution in [0.4, 0.5) is 10.1 Å². The number of Topliss-reactive ketones (excluding diaryl/α,β-unsaturated/α-hetero) is 1. The number of aliphatic hydroxyl groups is 1. The molecule has 8 heteroatoms. The molecule has 5 nitrogen and oxygen atoms in total. The van der Waals surface area contributed by atoms with E-state index in [1.165, 1.54) is 12.4 Å². The van der Waals surface area contributed by atoms with Gasteiger partial charge < -0.3 is 15.0 Å². The number of nitrogens with one attached hydrogen (secondary N) is 1. The van der Waals surface area contributed by atoms with E-state index in [2.05, 4.69) is 26.2 Å². The molecule has 1 aromatic heterocycles. The van der Waals surface area contributed by atoms with Gasteiger partial charge in [0.05, 0.1) is 17.5 Å². The molecule has 0 amide bonds. The van der Waals surface area contributed by atoms with E-state index in [0.29, 0.717) is 11.9 Å². The summed E-state index contributed by atoms with van der Waals surface area (Å²) in [6.45, 7) is -0.728. The van der Waals surface area contributed by atoms with Crippen molar-refractivity contribution in [2.24, 2.45) is 7.05 Å². The summed E-state index contributed by atoms with van der Waals surface area (Å²) in [4.78, 5) is 15.0. The van der Waals surface area contributed by atoms with E-state index in [1.54, 1.807) is 23.8 Å². The van der Waals surface area contributed by atoms with Gasteiger partial charge in [0, 0.05) is 23.5 Å². The summed E-state index contributed by atoms with van der Waals surface area (Å²) in [6.07, 6.45) is 7.10. The third-order valence-electron chi connectivity index (χ3n) is 3.84. The Kier molecular flexibility index (Phi) is 4.50. The number of carbonyl (C=O) groups excluding carboxylic acids is 1. The molecule has 24 heavy (non-hydrogen) atoms. The Balaban J connectivity index is 2.13. The number of fused-ring (bicyclic) bond motifs is 1. The molecule has 1 aliphatic carbocycles. The highest BCUT2D eigenvalue weighted by Gasteiger charge is 2.30. The highest BCUT2D eigenvalue weighted by Crippen LogP contribution is 2.35. The Bertz CT molecular complexity index is 893. The SMILES string of the molecule is Cn1cnc2c(F)c(NC3(Cl)C=CC(Br)=CC3)c(C(=O)CO)cc21. The van der Waals surface area contributed by atoms with Crippen LogP contribution in [0.2, 0.25) is 0 Å². The topological polar surface area (TPSA) is 67.2 Å². The quantitative estimate of drug-likeness (QED) is 0.457. The number of allylic oxidation sites excluding steroid dienone is 2. The van der Waals surface area contributed by atoms with E-state index in [-0.39, 0.29) is 16.8 Å². The van der Waals surface area contributed by atoms with Gasteiger partial charge in [0.1, 0.15) is 17.1 Å². The molecule has 3 rings (SSSR count). The Morgan fingerprint density at radius 2 is 2.38 bits per heavy atom. The summed E-state index contributed by atoms with van der Waals surface area (Å²) in [7, 11) is 1.70. The van der Waals surface area contributed by atoms with Crippen LogP contribution in [0.3, 0.4) is 0 Å². The van der Waals surface area contributed by atoms with Crippen LogP contribution in [-0.2, 0) is 7.05 Å². The van der Waals surface area contributed by atoms with Gasteiger partial charge in [-0.1, -0.05) is 33.6 Å². The lowest BCUT2D eigenvalue weighted by Gasteiger charge is -2.28. The number of hydrogen-bond acceptors (Lipinski definition) is 4. The van der Waals surface area contributed by atoms with Gasteiger partial charge in [-0.05, 0) is 18.2 Å². The highest BCUT2D eigenvalue weighted by molar-refractivity contribution is 9.11.